The number of hydrogen-bond donors (Lipinski definition) is 1. The molecule has 1 unspecified atom stereocenters. The molecule has 0 saturated heterocycles. The molecule has 0 aliphatic heterocycles. The Morgan fingerprint density at radius 2 is 1.65 bits per heavy atom. The lowest BCUT2D eigenvalue weighted by molar-refractivity contribution is -0.115. The summed E-state index contributed by atoms with van der Waals surface area (Å²) in [5, 5.41) is 0.551. The van der Waals surface area contributed by atoms with Crippen LogP contribution in [-0.4, -0.2) is 51.6 Å². The molecule has 0 saturated carbocycles. The fourth-order valence-electron chi connectivity index (χ4n) is 1.75. The van der Waals surface area contributed by atoms with Crippen molar-refractivity contribution < 1.29 is 21.6 Å². The van der Waals surface area contributed by atoms with Crippen molar-refractivity contribution in [1.82, 2.24) is 4.31 Å². The van der Waals surface area contributed by atoms with Crippen LogP contribution >= 0.6 is 0 Å². The fraction of sp³-hybridized carbons (Fsp3) is 0.500. The summed E-state index contributed by atoms with van der Waals surface area (Å²) >= 11 is 0. The van der Waals surface area contributed by atoms with Gasteiger partial charge in [-0.1, -0.05) is 6.07 Å². The smallest absolute Gasteiger partial charge is 0.242 e. The SMILES string of the molecule is CC(C)S(=O)(=O)C(C)C(=O)Nc1cccc(S(=O)(=O)N(C)C)c1. The van der Waals surface area contributed by atoms with Crippen molar-refractivity contribution in [3.05, 3.63) is 24.3 Å². The highest BCUT2D eigenvalue weighted by Crippen LogP contribution is 2.19. The summed E-state index contributed by atoms with van der Waals surface area (Å²) in [6, 6.07) is 5.68. The van der Waals surface area contributed by atoms with E-state index in [1.165, 1.54) is 59.1 Å². The van der Waals surface area contributed by atoms with Gasteiger partial charge in [-0.3, -0.25) is 4.79 Å². The molecule has 1 atom stereocenters. The van der Waals surface area contributed by atoms with Crippen molar-refractivity contribution >= 4 is 31.5 Å². The van der Waals surface area contributed by atoms with E-state index in [-0.39, 0.29) is 10.6 Å². The summed E-state index contributed by atoms with van der Waals surface area (Å²) in [7, 11) is -4.42. The Morgan fingerprint density at radius 3 is 2.13 bits per heavy atom. The van der Waals surface area contributed by atoms with Crippen LogP contribution in [0.25, 0.3) is 0 Å². The normalized spacial score (nSPS) is 14.0. The number of rotatable bonds is 6. The van der Waals surface area contributed by atoms with Gasteiger partial charge < -0.3 is 5.32 Å². The monoisotopic (exact) mass is 362 g/mol. The number of sulfonamides is 1. The van der Waals surface area contributed by atoms with Crippen LogP contribution in [0, 0.1) is 0 Å². The second-order valence-electron chi connectivity index (χ2n) is 5.58. The van der Waals surface area contributed by atoms with E-state index in [0.717, 1.165) is 4.31 Å². The summed E-state index contributed by atoms with van der Waals surface area (Å²) in [4.78, 5) is 12.1. The predicted molar refractivity (Wildman–Crippen MR) is 89.5 cm³/mol. The van der Waals surface area contributed by atoms with Gasteiger partial charge in [-0.2, -0.15) is 0 Å². The van der Waals surface area contributed by atoms with Crippen LogP contribution in [0.2, 0.25) is 0 Å². The van der Waals surface area contributed by atoms with E-state index in [1.807, 2.05) is 0 Å². The third kappa shape index (κ3) is 4.30. The Morgan fingerprint density at radius 1 is 1.09 bits per heavy atom. The third-order valence-electron chi connectivity index (χ3n) is 3.40. The average Bonchev–Trinajstić information content (AvgIpc) is 2.46. The second kappa shape index (κ2) is 6.98. The van der Waals surface area contributed by atoms with Gasteiger partial charge in [0.2, 0.25) is 15.9 Å². The summed E-state index contributed by atoms with van der Waals surface area (Å²) < 4.78 is 49.2. The number of anilines is 1. The Bertz CT molecular complexity index is 783. The Hall–Kier alpha value is -1.45. The van der Waals surface area contributed by atoms with E-state index in [4.69, 9.17) is 0 Å². The molecule has 0 radical (unpaired) electrons. The highest BCUT2D eigenvalue weighted by atomic mass is 32.2. The molecular formula is C14H22N2O5S2. The van der Waals surface area contributed by atoms with Crippen LogP contribution < -0.4 is 5.32 Å². The number of hydrogen-bond acceptors (Lipinski definition) is 5. The Labute approximate surface area is 137 Å². The first-order chi connectivity index (χ1) is 10.4. The summed E-state index contributed by atoms with van der Waals surface area (Å²) in [5.74, 6) is -0.696. The molecule has 0 heterocycles. The molecule has 0 aliphatic rings. The molecule has 0 fully saturated rings. The van der Waals surface area contributed by atoms with Gasteiger partial charge in [0.1, 0.15) is 5.25 Å². The average molecular weight is 362 g/mol. The van der Waals surface area contributed by atoms with Crippen molar-refractivity contribution in [1.29, 1.82) is 0 Å². The van der Waals surface area contributed by atoms with Crippen LogP contribution in [0.3, 0.4) is 0 Å². The van der Waals surface area contributed by atoms with E-state index in [2.05, 4.69) is 5.32 Å². The van der Waals surface area contributed by atoms with Gasteiger partial charge >= 0.3 is 0 Å². The molecule has 9 heteroatoms. The van der Waals surface area contributed by atoms with Gasteiger partial charge in [0, 0.05) is 19.8 Å². The van der Waals surface area contributed by atoms with E-state index >= 15 is 0 Å². The first-order valence-corrected chi connectivity index (χ1v) is 10.0. The number of benzene rings is 1. The Balaban J connectivity index is 3.06. The highest BCUT2D eigenvalue weighted by molar-refractivity contribution is 7.93. The second-order valence-corrected chi connectivity index (χ2v) is 10.6. The van der Waals surface area contributed by atoms with Crippen molar-refractivity contribution in [3.63, 3.8) is 0 Å². The van der Waals surface area contributed by atoms with E-state index in [0.29, 0.717) is 0 Å². The molecule has 7 nitrogen and oxygen atoms in total. The minimum Gasteiger partial charge on any atom is -0.325 e. The molecule has 0 spiro atoms. The first kappa shape index (κ1) is 19.6. The van der Waals surface area contributed by atoms with Crippen molar-refractivity contribution in [2.24, 2.45) is 0 Å². The predicted octanol–water partition coefficient (Wildman–Crippen LogP) is 1.09. The number of nitrogens with zero attached hydrogens (tertiary/aromatic N) is 1. The van der Waals surface area contributed by atoms with Crippen LogP contribution in [-0.2, 0) is 24.7 Å². The molecule has 1 aromatic rings. The largest absolute Gasteiger partial charge is 0.325 e. The van der Waals surface area contributed by atoms with Crippen LogP contribution in [0.4, 0.5) is 5.69 Å². The van der Waals surface area contributed by atoms with Crippen molar-refractivity contribution in [2.45, 2.75) is 36.2 Å². The number of sulfone groups is 1. The number of carbonyl (C=O) groups excluding carboxylic acids is 1. The molecule has 1 rings (SSSR count). The molecule has 0 bridgehead atoms. The molecule has 1 N–H and O–H groups in total. The van der Waals surface area contributed by atoms with Crippen molar-refractivity contribution in [2.75, 3.05) is 19.4 Å². The topological polar surface area (TPSA) is 101 Å². The lowest BCUT2D eigenvalue weighted by atomic mass is 10.3. The van der Waals surface area contributed by atoms with Gasteiger partial charge in [-0.05, 0) is 39.0 Å². The van der Waals surface area contributed by atoms with Gasteiger partial charge in [0.05, 0.1) is 10.1 Å². The molecule has 23 heavy (non-hydrogen) atoms. The summed E-state index contributed by atoms with van der Waals surface area (Å²) in [6.07, 6.45) is 0. The van der Waals surface area contributed by atoms with Gasteiger partial charge in [0.15, 0.2) is 9.84 Å². The van der Waals surface area contributed by atoms with E-state index in [9.17, 15) is 21.6 Å². The third-order valence-corrected chi connectivity index (χ3v) is 7.72. The minimum atomic E-state index is -3.63. The standard InChI is InChI=1S/C14H22N2O5S2/c1-10(2)22(18,19)11(3)14(17)15-12-7-6-8-13(9-12)23(20,21)16(4)5/h6-11H,1-5H3,(H,15,17). The molecular weight excluding hydrogens is 340 g/mol. The van der Waals surface area contributed by atoms with Gasteiger partial charge in [-0.25, -0.2) is 21.1 Å². The zero-order chi connectivity index (χ0) is 18.0. The zero-order valence-corrected chi connectivity index (χ0v) is 15.4. The maximum Gasteiger partial charge on any atom is 0.242 e. The van der Waals surface area contributed by atoms with E-state index in [1.54, 1.807) is 0 Å². The van der Waals surface area contributed by atoms with Gasteiger partial charge in [-0.15, -0.1) is 0 Å². The summed E-state index contributed by atoms with van der Waals surface area (Å²) in [6.45, 7) is 4.32. The maximum atomic E-state index is 12.1. The number of amides is 1. The molecule has 0 aromatic heterocycles. The quantitative estimate of drug-likeness (QED) is 0.816. The zero-order valence-electron chi connectivity index (χ0n) is 13.8. The van der Waals surface area contributed by atoms with Crippen LogP contribution in [0.15, 0.2) is 29.2 Å². The van der Waals surface area contributed by atoms with Crippen molar-refractivity contribution in [3.8, 4) is 0 Å². The molecule has 1 amide bonds. The minimum absolute atomic E-state index is 0.0136. The maximum absolute atomic E-state index is 12.1. The van der Waals surface area contributed by atoms with Gasteiger partial charge in [0.25, 0.3) is 0 Å². The highest BCUT2D eigenvalue weighted by Gasteiger charge is 2.30. The number of carbonyl (C=O) groups is 1. The molecule has 1 aromatic carbocycles. The Kier molecular flexibility index (Phi) is 5.95. The number of nitrogens with one attached hydrogen (secondary N) is 1. The van der Waals surface area contributed by atoms with E-state index < -0.39 is 36.3 Å². The fourth-order valence-corrected chi connectivity index (χ4v) is 3.87. The molecule has 130 valence electrons. The first-order valence-electron chi connectivity index (χ1n) is 6.97. The summed E-state index contributed by atoms with van der Waals surface area (Å²) in [5.41, 5.74) is 0.226. The lowest BCUT2D eigenvalue weighted by Crippen LogP contribution is -2.36. The molecule has 0 aliphatic carbocycles. The lowest BCUT2D eigenvalue weighted by Gasteiger charge is -2.16. The van der Waals surface area contributed by atoms with Crippen LogP contribution in [0.5, 0.6) is 0 Å². The van der Waals surface area contributed by atoms with Crippen LogP contribution in [0.1, 0.15) is 20.8 Å².